The second-order valence-corrected chi connectivity index (χ2v) is 10.7. The van der Waals surface area contributed by atoms with Gasteiger partial charge in [-0.15, -0.1) is 13.2 Å². The van der Waals surface area contributed by atoms with E-state index >= 15 is 0 Å². The van der Waals surface area contributed by atoms with E-state index in [-0.39, 0.29) is 39.8 Å². The van der Waals surface area contributed by atoms with Crippen molar-refractivity contribution in [2.24, 2.45) is 0 Å². The number of fused-ring (bicyclic) bond motifs is 1. The van der Waals surface area contributed by atoms with Crippen LogP contribution in [-0.4, -0.2) is 66.4 Å². The van der Waals surface area contributed by atoms with Crippen LogP contribution < -0.4 is 4.74 Å². The lowest BCUT2D eigenvalue weighted by Crippen LogP contribution is -2.46. The number of ether oxygens (including phenoxy) is 2. The Morgan fingerprint density at radius 2 is 1.67 bits per heavy atom. The predicted octanol–water partition coefficient (Wildman–Crippen LogP) is 7.06. The molecule has 226 valence electrons. The number of likely N-dealkylation sites (tertiary alicyclic amines) is 2. The predicted molar refractivity (Wildman–Crippen MR) is 144 cm³/mol. The molecule has 0 spiro atoms. The first-order valence-corrected chi connectivity index (χ1v) is 13.9. The summed E-state index contributed by atoms with van der Waals surface area (Å²) in [6, 6.07) is 8.41. The number of piperidine rings is 2. The highest BCUT2D eigenvalue weighted by molar-refractivity contribution is 6.07. The Morgan fingerprint density at radius 3 is 2.31 bits per heavy atom. The fourth-order valence-corrected chi connectivity index (χ4v) is 6.00. The minimum Gasteiger partial charge on any atom is -0.465 e. The number of esters is 1. The van der Waals surface area contributed by atoms with Crippen LogP contribution in [0.3, 0.4) is 0 Å². The third-order valence-corrected chi connectivity index (χ3v) is 7.99. The Bertz CT molecular complexity index is 1430. The number of aromatic nitrogens is 1. The Morgan fingerprint density at radius 1 is 0.952 bits per heavy atom. The molecule has 5 rings (SSSR count). The van der Waals surface area contributed by atoms with Crippen molar-refractivity contribution < 1.29 is 40.6 Å². The van der Waals surface area contributed by atoms with Crippen LogP contribution in [0, 0.1) is 0 Å². The lowest BCUT2D eigenvalue weighted by Gasteiger charge is -2.40. The average Bonchev–Trinajstić information content (AvgIpc) is 2.96. The van der Waals surface area contributed by atoms with Gasteiger partial charge in [0.2, 0.25) is 0 Å². The van der Waals surface area contributed by atoms with E-state index < -0.39 is 29.8 Å². The summed E-state index contributed by atoms with van der Waals surface area (Å²) in [4.78, 5) is 22.4. The van der Waals surface area contributed by atoms with Crippen LogP contribution in [0.25, 0.3) is 22.2 Å². The van der Waals surface area contributed by atoms with E-state index in [1.807, 2.05) is 0 Å². The van der Waals surface area contributed by atoms with E-state index in [9.17, 15) is 31.1 Å². The van der Waals surface area contributed by atoms with Crippen molar-refractivity contribution >= 4 is 16.9 Å². The summed E-state index contributed by atoms with van der Waals surface area (Å²) in [7, 11) is 1.14. The molecule has 2 aliphatic rings. The van der Waals surface area contributed by atoms with Gasteiger partial charge in [-0.2, -0.15) is 13.2 Å². The number of hydrogen-bond acceptors (Lipinski definition) is 6. The molecule has 0 radical (unpaired) electrons. The molecule has 0 saturated carbocycles. The van der Waals surface area contributed by atoms with Crippen LogP contribution >= 0.6 is 0 Å². The molecule has 42 heavy (non-hydrogen) atoms. The molecule has 0 aliphatic carbocycles. The summed E-state index contributed by atoms with van der Waals surface area (Å²) >= 11 is 0. The highest BCUT2D eigenvalue weighted by Crippen LogP contribution is 2.38. The Hall–Kier alpha value is -3.38. The third kappa shape index (κ3) is 6.81. The van der Waals surface area contributed by atoms with E-state index in [0.29, 0.717) is 19.1 Å². The quantitative estimate of drug-likeness (QED) is 0.225. The maximum atomic E-state index is 13.6. The molecule has 0 atom stereocenters. The molecule has 0 unspecified atom stereocenters. The van der Waals surface area contributed by atoms with Gasteiger partial charge in [0.1, 0.15) is 5.75 Å². The number of carbonyl (C=O) groups excluding carboxylic acids is 1. The number of carbonyl (C=O) groups is 1. The van der Waals surface area contributed by atoms with Gasteiger partial charge in [-0.1, -0.05) is 18.6 Å². The summed E-state index contributed by atoms with van der Waals surface area (Å²) in [5, 5.41) is 0.0533. The van der Waals surface area contributed by atoms with E-state index in [4.69, 9.17) is 4.74 Å². The minimum atomic E-state index is -4.97. The molecule has 2 aromatic carbocycles. The zero-order valence-electron chi connectivity index (χ0n) is 23.0. The maximum Gasteiger partial charge on any atom is 0.573 e. The van der Waals surface area contributed by atoms with Crippen molar-refractivity contribution in [1.29, 1.82) is 0 Å². The van der Waals surface area contributed by atoms with Crippen molar-refractivity contribution in [3.8, 4) is 17.0 Å². The number of hydrogen-bond donors (Lipinski definition) is 0. The van der Waals surface area contributed by atoms with Gasteiger partial charge < -0.3 is 14.4 Å². The molecule has 6 nitrogen and oxygen atoms in total. The zero-order chi connectivity index (χ0) is 30.1. The molecule has 1 aromatic heterocycles. The molecule has 0 N–H and O–H groups in total. The minimum absolute atomic E-state index is 0.0533. The Balaban J connectivity index is 1.60. The number of methoxy groups -OCH3 is 1. The van der Waals surface area contributed by atoms with Gasteiger partial charge in [0.05, 0.1) is 29.4 Å². The van der Waals surface area contributed by atoms with Crippen LogP contribution in [0.15, 0.2) is 42.5 Å². The average molecular weight is 596 g/mol. The van der Waals surface area contributed by atoms with E-state index in [1.54, 1.807) is 0 Å². The number of halogens is 6. The van der Waals surface area contributed by atoms with Crippen LogP contribution in [0.1, 0.15) is 53.6 Å². The summed E-state index contributed by atoms with van der Waals surface area (Å²) in [6.07, 6.45) is -4.23. The summed E-state index contributed by atoms with van der Waals surface area (Å²) < 4.78 is 89.0. The van der Waals surface area contributed by atoms with E-state index in [1.165, 1.54) is 37.5 Å². The SMILES string of the molecule is COC(=O)c1c(CN2CCC(N3CCCCC3)CC2)c(-c2cccc(C(F)(F)F)c2)nc2ccc(OC(F)(F)F)cc12. The van der Waals surface area contributed by atoms with Gasteiger partial charge in [-0.3, -0.25) is 4.90 Å². The standard InChI is InChI=1S/C30H31F6N3O3/c1-41-28(40)26-23-17-22(42-30(34,35)36)8-9-25(23)37-27(19-6-5-7-20(16-19)29(31,32)33)24(26)18-38-14-10-21(11-15-38)39-12-3-2-4-13-39/h5-9,16-17,21H,2-4,10-15,18H2,1H3. The molecule has 0 bridgehead atoms. The smallest absolute Gasteiger partial charge is 0.465 e. The number of pyridine rings is 1. The molecule has 3 aromatic rings. The van der Waals surface area contributed by atoms with Crippen molar-refractivity contribution in [1.82, 2.24) is 14.8 Å². The molecule has 0 amide bonds. The van der Waals surface area contributed by atoms with Crippen LogP contribution in [0.2, 0.25) is 0 Å². The second-order valence-electron chi connectivity index (χ2n) is 10.7. The number of nitrogens with zero attached hydrogens (tertiary/aromatic N) is 3. The largest absolute Gasteiger partial charge is 0.573 e. The molecule has 12 heteroatoms. The van der Waals surface area contributed by atoms with Crippen LogP contribution in [0.5, 0.6) is 5.75 Å². The van der Waals surface area contributed by atoms with Crippen molar-refractivity contribution in [2.45, 2.75) is 57.2 Å². The van der Waals surface area contributed by atoms with Crippen LogP contribution in [0.4, 0.5) is 26.3 Å². The van der Waals surface area contributed by atoms with E-state index in [0.717, 1.165) is 57.3 Å². The van der Waals surface area contributed by atoms with Gasteiger partial charge in [0.25, 0.3) is 0 Å². The fraction of sp³-hybridized carbons (Fsp3) is 0.467. The fourth-order valence-electron chi connectivity index (χ4n) is 6.00. The van der Waals surface area contributed by atoms with Crippen molar-refractivity contribution in [3.05, 3.63) is 59.2 Å². The molecule has 2 aliphatic heterocycles. The van der Waals surface area contributed by atoms with Gasteiger partial charge >= 0.3 is 18.5 Å². The first kappa shape index (κ1) is 30.1. The lowest BCUT2D eigenvalue weighted by atomic mass is 9.94. The van der Waals surface area contributed by atoms with Gasteiger partial charge in [-0.25, -0.2) is 9.78 Å². The molecule has 2 fully saturated rings. The topological polar surface area (TPSA) is 54.9 Å². The monoisotopic (exact) mass is 595 g/mol. The first-order chi connectivity index (χ1) is 19.9. The maximum absolute atomic E-state index is 13.6. The normalized spacial score (nSPS) is 17.9. The summed E-state index contributed by atoms with van der Waals surface area (Å²) in [6.45, 7) is 3.63. The summed E-state index contributed by atoms with van der Waals surface area (Å²) in [5.74, 6) is -1.39. The number of rotatable bonds is 6. The second kappa shape index (κ2) is 12.1. The zero-order valence-corrected chi connectivity index (χ0v) is 23.0. The Labute approximate surface area is 239 Å². The lowest BCUT2D eigenvalue weighted by molar-refractivity contribution is -0.274. The molecular formula is C30H31F6N3O3. The van der Waals surface area contributed by atoms with Gasteiger partial charge in [0, 0.05) is 29.1 Å². The van der Waals surface area contributed by atoms with E-state index in [2.05, 4.69) is 19.5 Å². The summed E-state index contributed by atoms with van der Waals surface area (Å²) in [5.41, 5.74) is -0.272. The molecular weight excluding hydrogens is 564 g/mol. The van der Waals surface area contributed by atoms with Crippen molar-refractivity contribution in [2.75, 3.05) is 33.3 Å². The third-order valence-electron chi connectivity index (χ3n) is 7.99. The highest BCUT2D eigenvalue weighted by atomic mass is 19.4. The molecule has 3 heterocycles. The number of benzene rings is 2. The molecule has 2 saturated heterocycles. The van der Waals surface area contributed by atoms with Crippen LogP contribution in [-0.2, 0) is 17.5 Å². The van der Waals surface area contributed by atoms with Gasteiger partial charge in [0.15, 0.2) is 0 Å². The first-order valence-electron chi connectivity index (χ1n) is 13.9. The number of alkyl halides is 6. The highest BCUT2D eigenvalue weighted by Gasteiger charge is 2.34. The van der Waals surface area contributed by atoms with Crippen molar-refractivity contribution in [3.63, 3.8) is 0 Å². The Kier molecular flexibility index (Phi) is 8.66. The van der Waals surface area contributed by atoms with Gasteiger partial charge in [-0.05, 0) is 82.2 Å².